The van der Waals surface area contributed by atoms with E-state index in [0.717, 1.165) is 26.3 Å². The zero-order valence-corrected chi connectivity index (χ0v) is 16.1. The molecule has 0 radical (unpaired) electrons. The van der Waals surface area contributed by atoms with Crippen LogP contribution in [0.2, 0.25) is 0 Å². The molecule has 6 nitrogen and oxygen atoms in total. The molecule has 2 aliphatic rings. The fraction of sp³-hybridized carbons (Fsp3) is 0.450. The number of morpholine rings is 1. The van der Waals surface area contributed by atoms with Crippen LogP contribution in [0.15, 0.2) is 41.8 Å². The summed E-state index contributed by atoms with van der Waals surface area (Å²) in [6, 6.07) is 11.8. The Hall–Kier alpha value is -2.09. The van der Waals surface area contributed by atoms with Crippen LogP contribution in [0.5, 0.6) is 11.5 Å². The summed E-state index contributed by atoms with van der Waals surface area (Å²) in [5.41, 5.74) is 0. The normalized spacial score (nSPS) is 23.6. The van der Waals surface area contributed by atoms with Crippen LogP contribution < -0.4 is 14.8 Å². The number of thiophene rings is 1. The first-order valence-electron chi connectivity index (χ1n) is 9.27. The number of hydrogen-bond donors (Lipinski definition) is 1. The quantitative estimate of drug-likeness (QED) is 0.853. The predicted molar refractivity (Wildman–Crippen MR) is 103 cm³/mol. The number of nitrogens with one attached hydrogen (secondary N) is 1. The third kappa shape index (κ3) is 4.10. The topological polar surface area (TPSA) is 60.0 Å². The molecule has 2 aromatic rings. The second kappa shape index (κ2) is 8.29. The molecule has 0 unspecified atom stereocenters. The van der Waals surface area contributed by atoms with E-state index in [9.17, 15) is 4.79 Å². The molecule has 4 rings (SSSR count). The van der Waals surface area contributed by atoms with E-state index in [2.05, 4.69) is 21.7 Å². The standard InChI is InChI=1S/C20H24N2O4S/c1-14-19(26-17-6-3-2-5-16(17)25-14)20(23)21-13-15(18-7-4-12-27-18)22-8-10-24-11-9-22/h2-7,12,14-15,19H,8-11,13H2,1H3,(H,21,23)/t14-,15-,19-/m0/s1. The van der Waals surface area contributed by atoms with Gasteiger partial charge in [-0.05, 0) is 30.5 Å². The van der Waals surface area contributed by atoms with Crippen molar-refractivity contribution in [2.75, 3.05) is 32.8 Å². The Kier molecular flexibility index (Phi) is 5.61. The smallest absolute Gasteiger partial charge is 0.265 e. The highest BCUT2D eigenvalue weighted by molar-refractivity contribution is 7.10. The molecule has 1 saturated heterocycles. The van der Waals surface area contributed by atoms with Gasteiger partial charge in [0.2, 0.25) is 6.10 Å². The summed E-state index contributed by atoms with van der Waals surface area (Å²) in [5.74, 6) is 1.14. The fourth-order valence-electron chi connectivity index (χ4n) is 3.48. The van der Waals surface area contributed by atoms with E-state index in [4.69, 9.17) is 14.2 Å². The Balaban J connectivity index is 1.42. The Morgan fingerprint density at radius 2 is 1.93 bits per heavy atom. The molecule has 1 aromatic heterocycles. The second-order valence-corrected chi connectivity index (χ2v) is 7.71. The van der Waals surface area contributed by atoms with E-state index < -0.39 is 6.10 Å². The van der Waals surface area contributed by atoms with Crippen molar-refractivity contribution in [1.82, 2.24) is 10.2 Å². The molecule has 2 aliphatic heterocycles. The average Bonchev–Trinajstić information content (AvgIpc) is 3.23. The second-order valence-electron chi connectivity index (χ2n) is 6.73. The van der Waals surface area contributed by atoms with Crippen molar-refractivity contribution >= 4 is 17.2 Å². The van der Waals surface area contributed by atoms with Crippen LogP contribution in [0, 0.1) is 0 Å². The van der Waals surface area contributed by atoms with Crippen LogP contribution in [-0.2, 0) is 9.53 Å². The predicted octanol–water partition coefficient (Wildman–Crippen LogP) is 2.47. The van der Waals surface area contributed by atoms with Crippen molar-refractivity contribution in [3.05, 3.63) is 46.7 Å². The van der Waals surface area contributed by atoms with Crippen molar-refractivity contribution < 1.29 is 19.0 Å². The van der Waals surface area contributed by atoms with Gasteiger partial charge in [0.15, 0.2) is 11.5 Å². The van der Waals surface area contributed by atoms with Gasteiger partial charge in [-0.2, -0.15) is 0 Å². The Morgan fingerprint density at radius 1 is 1.19 bits per heavy atom. The summed E-state index contributed by atoms with van der Waals surface area (Å²) in [7, 11) is 0. The summed E-state index contributed by atoms with van der Waals surface area (Å²) < 4.78 is 17.2. The van der Waals surface area contributed by atoms with E-state index >= 15 is 0 Å². The molecule has 3 heterocycles. The molecule has 1 amide bonds. The molecule has 1 aromatic carbocycles. The molecule has 144 valence electrons. The number of carbonyl (C=O) groups is 1. The lowest BCUT2D eigenvalue weighted by atomic mass is 10.1. The van der Waals surface area contributed by atoms with Crippen molar-refractivity contribution in [1.29, 1.82) is 0 Å². The molecular weight excluding hydrogens is 364 g/mol. The van der Waals surface area contributed by atoms with Crippen LogP contribution >= 0.6 is 11.3 Å². The number of nitrogens with zero attached hydrogens (tertiary/aromatic N) is 1. The summed E-state index contributed by atoms with van der Waals surface area (Å²) in [6.45, 7) is 5.58. The first-order valence-corrected chi connectivity index (χ1v) is 10.2. The number of fused-ring (bicyclic) bond motifs is 1. The number of carbonyl (C=O) groups excluding carboxylic acids is 1. The minimum Gasteiger partial charge on any atom is -0.482 e. The number of amides is 1. The zero-order chi connectivity index (χ0) is 18.6. The molecular formula is C20H24N2O4S. The summed E-state index contributed by atoms with van der Waals surface area (Å²) in [5, 5.41) is 5.15. The highest BCUT2D eigenvalue weighted by Gasteiger charge is 2.34. The van der Waals surface area contributed by atoms with Crippen LogP contribution in [0.3, 0.4) is 0 Å². The third-order valence-corrected chi connectivity index (χ3v) is 5.90. The Morgan fingerprint density at radius 3 is 2.63 bits per heavy atom. The van der Waals surface area contributed by atoms with Gasteiger partial charge in [-0.1, -0.05) is 18.2 Å². The highest BCUT2D eigenvalue weighted by Crippen LogP contribution is 2.33. The lowest BCUT2D eigenvalue weighted by molar-refractivity contribution is -0.133. The van der Waals surface area contributed by atoms with Gasteiger partial charge in [0, 0.05) is 24.5 Å². The van der Waals surface area contributed by atoms with Gasteiger partial charge < -0.3 is 19.5 Å². The largest absolute Gasteiger partial charge is 0.482 e. The summed E-state index contributed by atoms with van der Waals surface area (Å²) in [6.07, 6.45) is -1.00. The van der Waals surface area contributed by atoms with Gasteiger partial charge in [0.1, 0.15) is 6.10 Å². The molecule has 1 fully saturated rings. The van der Waals surface area contributed by atoms with Gasteiger partial charge in [-0.15, -0.1) is 11.3 Å². The third-order valence-electron chi connectivity index (χ3n) is 4.93. The van der Waals surface area contributed by atoms with Crippen molar-refractivity contribution in [3.63, 3.8) is 0 Å². The molecule has 27 heavy (non-hydrogen) atoms. The molecule has 1 N–H and O–H groups in total. The lowest BCUT2D eigenvalue weighted by Gasteiger charge is -2.35. The fourth-order valence-corrected chi connectivity index (χ4v) is 4.34. The molecule has 0 saturated carbocycles. The van der Waals surface area contributed by atoms with E-state index in [1.807, 2.05) is 37.3 Å². The van der Waals surface area contributed by atoms with Gasteiger partial charge in [0.25, 0.3) is 5.91 Å². The molecule has 7 heteroatoms. The van der Waals surface area contributed by atoms with Crippen LogP contribution in [0.1, 0.15) is 17.8 Å². The number of benzene rings is 1. The van der Waals surface area contributed by atoms with E-state index in [0.29, 0.717) is 18.0 Å². The van der Waals surface area contributed by atoms with Gasteiger partial charge in [-0.3, -0.25) is 9.69 Å². The minimum absolute atomic E-state index is 0.143. The Labute approximate surface area is 163 Å². The molecule has 0 bridgehead atoms. The molecule has 0 aliphatic carbocycles. The number of rotatable bonds is 5. The van der Waals surface area contributed by atoms with E-state index in [-0.39, 0.29) is 18.1 Å². The first-order chi connectivity index (χ1) is 13.2. The lowest BCUT2D eigenvalue weighted by Crippen LogP contribution is -2.51. The number of ether oxygens (including phenoxy) is 3. The maximum Gasteiger partial charge on any atom is 0.265 e. The maximum absolute atomic E-state index is 12.8. The van der Waals surface area contributed by atoms with Gasteiger partial charge in [-0.25, -0.2) is 0 Å². The van der Waals surface area contributed by atoms with Crippen LogP contribution in [-0.4, -0.2) is 55.9 Å². The van der Waals surface area contributed by atoms with Crippen molar-refractivity contribution in [2.24, 2.45) is 0 Å². The SMILES string of the molecule is C[C@@H]1Oc2ccccc2O[C@@H]1C(=O)NC[C@@H](c1cccs1)N1CCOCC1. The summed E-state index contributed by atoms with van der Waals surface area (Å²) >= 11 is 1.71. The number of para-hydroxylation sites is 2. The highest BCUT2D eigenvalue weighted by atomic mass is 32.1. The average molecular weight is 388 g/mol. The molecule has 3 atom stereocenters. The van der Waals surface area contributed by atoms with Gasteiger partial charge >= 0.3 is 0 Å². The summed E-state index contributed by atoms with van der Waals surface area (Å²) in [4.78, 5) is 16.4. The number of hydrogen-bond acceptors (Lipinski definition) is 6. The first kappa shape index (κ1) is 18.3. The van der Waals surface area contributed by atoms with E-state index in [1.54, 1.807) is 11.3 Å². The minimum atomic E-state index is -0.659. The monoisotopic (exact) mass is 388 g/mol. The van der Waals surface area contributed by atoms with Crippen LogP contribution in [0.4, 0.5) is 0 Å². The Bertz CT molecular complexity index is 761. The van der Waals surface area contributed by atoms with Gasteiger partial charge in [0.05, 0.1) is 19.3 Å². The zero-order valence-electron chi connectivity index (χ0n) is 15.3. The van der Waals surface area contributed by atoms with E-state index in [1.165, 1.54) is 4.88 Å². The molecule has 0 spiro atoms. The van der Waals surface area contributed by atoms with Crippen LogP contribution in [0.25, 0.3) is 0 Å². The maximum atomic E-state index is 12.8. The van der Waals surface area contributed by atoms with Crippen molar-refractivity contribution in [3.8, 4) is 11.5 Å². The van der Waals surface area contributed by atoms with Crippen molar-refractivity contribution in [2.45, 2.75) is 25.2 Å².